The number of nitrogens with two attached hydrogens (primary N) is 3. The largest absolute Gasteiger partial charge is 0.391 e. The average molecular weight is 495 g/mol. The van der Waals surface area contributed by atoms with E-state index < -0.39 is 91.0 Å². The smallest absolute Gasteiger partial charge is 0.176 e. The quantitative estimate of drug-likeness (QED) is 0.167. The molecule has 0 aromatic rings. The van der Waals surface area contributed by atoms with Gasteiger partial charge in [0.1, 0.15) is 36.6 Å². The molecular weight excluding hydrogens is 452 g/mol. The molecule has 1 aliphatic heterocycles. The molecule has 3 aliphatic rings. The van der Waals surface area contributed by atoms with Crippen LogP contribution >= 0.6 is 0 Å². The molecule has 7 unspecified atom stereocenters. The Bertz CT molecular complexity index is 674. The van der Waals surface area contributed by atoms with Gasteiger partial charge in [0.2, 0.25) is 0 Å². The van der Waals surface area contributed by atoms with E-state index in [1.165, 1.54) is 6.92 Å². The van der Waals surface area contributed by atoms with Gasteiger partial charge in [-0.15, -0.1) is 0 Å². The van der Waals surface area contributed by atoms with Gasteiger partial charge >= 0.3 is 0 Å². The van der Waals surface area contributed by atoms with Gasteiger partial charge in [-0.2, -0.15) is 0 Å². The molecule has 13 nitrogen and oxygen atoms in total. The third-order valence-corrected chi connectivity index (χ3v) is 7.48. The van der Waals surface area contributed by atoms with E-state index in [9.17, 15) is 30.6 Å². The summed E-state index contributed by atoms with van der Waals surface area (Å²) in [6, 6.07) is -3.20. The fourth-order valence-corrected chi connectivity index (χ4v) is 5.40. The third kappa shape index (κ3) is 5.42. The van der Waals surface area contributed by atoms with Crippen molar-refractivity contribution in [2.24, 2.45) is 17.2 Å². The number of ether oxygens (including phenoxy) is 3. The molecule has 13 N–H and O–H groups in total. The molecule has 0 aromatic carbocycles. The van der Waals surface area contributed by atoms with Gasteiger partial charge in [-0.25, -0.2) is 0 Å². The van der Waals surface area contributed by atoms with Gasteiger partial charge < -0.3 is 67.4 Å². The van der Waals surface area contributed by atoms with Crippen LogP contribution in [-0.4, -0.2) is 129 Å². The van der Waals surface area contributed by atoms with Crippen LogP contribution in [0.3, 0.4) is 0 Å². The molecule has 2 aliphatic carbocycles. The molecule has 3 fully saturated rings. The lowest BCUT2D eigenvalue weighted by Crippen LogP contribution is -2.69. The maximum Gasteiger partial charge on any atom is 0.176 e. The minimum Gasteiger partial charge on any atom is -0.391 e. The highest BCUT2D eigenvalue weighted by Crippen LogP contribution is 2.34. The van der Waals surface area contributed by atoms with E-state index in [2.05, 4.69) is 5.32 Å². The molecule has 200 valence electrons. The van der Waals surface area contributed by atoms with Crippen LogP contribution in [0.2, 0.25) is 0 Å². The zero-order chi connectivity index (χ0) is 25.5. The van der Waals surface area contributed by atoms with Crippen LogP contribution < -0.4 is 22.5 Å². The first-order chi connectivity index (χ1) is 15.8. The standard InChI is InChI=1S/C21H42N4O9/c1-7(26)16-14(29)13(28)11(24)20(33-16)34-18-9(23)6-8(22)17(15(18)30)32-10-4-5-21(2,31)19(25-3)12(10)27/h7-20,25-31H,4-6,22-24H2,1-3H3/t7?,8-,9?,10?,11?,12+,13-,14+,15-,16?,17?,18-,19+,20-,21?/m1/s1. The summed E-state index contributed by atoms with van der Waals surface area (Å²) >= 11 is 0. The summed E-state index contributed by atoms with van der Waals surface area (Å²) in [6.07, 6.45) is -10.6. The Hall–Kier alpha value is -0.520. The van der Waals surface area contributed by atoms with Gasteiger partial charge in [-0.3, -0.25) is 0 Å². The topological polar surface area (TPSA) is 239 Å². The monoisotopic (exact) mass is 494 g/mol. The summed E-state index contributed by atoms with van der Waals surface area (Å²) in [4.78, 5) is 0. The van der Waals surface area contributed by atoms with Crippen molar-refractivity contribution in [3.8, 4) is 0 Å². The van der Waals surface area contributed by atoms with E-state index >= 15 is 0 Å². The Kier molecular flexibility index (Phi) is 8.95. The first kappa shape index (κ1) is 28.1. The highest BCUT2D eigenvalue weighted by atomic mass is 16.7. The van der Waals surface area contributed by atoms with E-state index in [1.54, 1.807) is 14.0 Å². The maximum absolute atomic E-state index is 11.1. The Morgan fingerprint density at radius 3 is 2.12 bits per heavy atom. The number of hydrogen-bond acceptors (Lipinski definition) is 13. The molecular formula is C21H42N4O9. The highest BCUT2D eigenvalue weighted by Gasteiger charge is 2.51. The van der Waals surface area contributed by atoms with E-state index in [1.807, 2.05) is 0 Å². The predicted octanol–water partition coefficient (Wildman–Crippen LogP) is -4.81. The fourth-order valence-electron chi connectivity index (χ4n) is 5.40. The first-order valence-corrected chi connectivity index (χ1v) is 11.8. The average Bonchev–Trinajstić information content (AvgIpc) is 2.75. The van der Waals surface area contributed by atoms with Crippen molar-refractivity contribution >= 4 is 0 Å². The van der Waals surface area contributed by atoms with E-state index in [4.69, 9.17) is 31.4 Å². The van der Waals surface area contributed by atoms with Crippen LogP contribution in [0, 0.1) is 0 Å². The molecule has 13 heteroatoms. The molecule has 0 bridgehead atoms. The summed E-state index contributed by atoms with van der Waals surface area (Å²) < 4.78 is 17.6. The van der Waals surface area contributed by atoms with E-state index in [0.717, 1.165) is 0 Å². The summed E-state index contributed by atoms with van der Waals surface area (Å²) in [5, 5.41) is 65.7. The van der Waals surface area contributed by atoms with Crippen molar-refractivity contribution in [1.29, 1.82) is 0 Å². The Morgan fingerprint density at radius 1 is 0.971 bits per heavy atom. The second-order valence-electron chi connectivity index (χ2n) is 10.2. The zero-order valence-electron chi connectivity index (χ0n) is 19.8. The van der Waals surface area contributed by atoms with Crippen molar-refractivity contribution in [3.63, 3.8) is 0 Å². The molecule has 0 radical (unpaired) electrons. The van der Waals surface area contributed by atoms with Crippen LogP contribution in [0.4, 0.5) is 0 Å². The molecule has 0 aromatic heterocycles. The van der Waals surface area contributed by atoms with Crippen LogP contribution in [0.25, 0.3) is 0 Å². The summed E-state index contributed by atoms with van der Waals surface area (Å²) in [5.41, 5.74) is 17.3. The number of nitrogens with one attached hydrogen (secondary N) is 1. The lowest BCUT2D eigenvalue weighted by Gasteiger charge is -2.49. The lowest BCUT2D eigenvalue weighted by molar-refractivity contribution is -0.304. The summed E-state index contributed by atoms with van der Waals surface area (Å²) in [7, 11) is 1.63. The molecule has 34 heavy (non-hydrogen) atoms. The van der Waals surface area contributed by atoms with Crippen molar-refractivity contribution in [2.45, 2.75) is 124 Å². The van der Waals surface area contributed by atoms with Gasteiger partial charge in [0.05, 0.1) is 36.0 Å². The molecule has 15 atom stereocenters. The number of hydrogen-bond donors (Lipinski definition) is 10. The molecule has 3 rings (SSSR count). The molecule has 2 saturated carbocycles. The van der Waals surface area contributed by atoms with Crippen LogP contribution in [0.5, 0.6) is 0 Å². The second kappa shape index (κ2) is 10.8. The number of aliphatic hydroxyl groups excluding tert-OH is 5. The Balaban J connectivity index is 1.73. The van der Waals surface area contributed by atoms with E-state index in [-0.39, 0.29) is 6.42 Å². The van der Waals surface area contributed by atoms with Crippen LogP contribution in [0.1, 0.15) is 33.1 Å². The molecule has 0 spiro atoms. The summed E-state index contributed by atoms with van der Waals surface area (Å²) in [5.74, 6) is 0. The normalized spacial score (nSPS) is 53.5. The number of likely N-dealkylation sites (N-methyl/N-ethyl adjacent to an activating group) is 1. The lowest BCUT2D eigenvalue weighted by atomic mass is 9.77. The van der Waals surface area contributed by atoms with Crippen molar-refractivity contribution in [1.82, 2.24) is 5.32 Å². The van der Waals surface area contributed by atoms with Crippen molar-refractivity contribution in [3.05, 3.63) is 0 Å². The Labute approximate surface area is 199 Å². The fraction of sp³-hybridized carbons (Fsp3) is 1.00. The molecule has 1 saturated heterocycles. The van der Waals surface area contributed by atoms with E-state index in [0.29, 0.717) is 12.8 Å². The second-order valence-corrected chi connectivity index (χ2v) is 10.2. The molecule has 1 heterocycles. The SMILES string of the molecule is CN[C@H]1[C@@H](O)C(OC2[C@H](N)CC(N)[C@@H](O[C@H]3OC(C(C)O)[C@@H](O)[C@H](O)C3N)[C@@H]2O)CCC1(C)O. The predicted molar refractivity (Wildman–Crippen MR) is 119 cm³/mol. The minimum atomic E-state index is -1.44. The van der Waals surface area contributed by atoms with Gasteiger partial charge in [0.15, 0.2) is 6.29 Å². The maximum atomic E-state index is 11.1. The van der Waals surface area contributed by atoms with Gasteiger partial charge in [0.25, 0.3) is 0 Å². The number of rotatable bonds is 6. The van der Waals surface area contributed by atoms with Crippen molar-refractivity contribution < 1.29 is 44.8 Å². The minimum absolute atomic E-state index is 0.218. The zero-order valence-corrected chi connectivity index (χ0v) is 19.8. The first-order valence-electron chi connectivity index (χ1n) is 11.8. The Morgan fingerprint density at radius 2 is 1.56 bits per heavy atom. The number of aliphatic hydroxyl groups is 6. The van der Waals surface area contributed by atoms with Gasteiger partial charge in [-0.1, -0.05) is 0 Å². The van der Waals surface area contributed by atoms with Crippen molar-refractivity contribution in [2.75, 3.05) is 7.05 Å². The van der Waals surface area contributed by atoms with Gasteiger partial charge in [-0.05, 0) is 40.2 Å². The van der Waals surface area contributed by atoms with Crippen LogP contribution in [-0.2, 0) is 14.2 Å². The summed E-state index contributed by atoms with van der Waals surface area (Å²) in [6.45, 7) is 3.03. The highest BCUT2D eigenvalue weighted by molar-refractivity contribution is 5.04. The third-order valence-electron chi connectivity index (χ3n) is 7.48. The van der Waals surface area contributed by atoms with Gasteiger partial charge in [0, 0.05) is 12.1 Å². The molecule has 0 amide bonds. The van der Waals surface area contributed by atoms with Crippen LogP contribution in [0.15, 0.2) is 0 Å².